The van der Waals surface area contributed by atoms with E-state index in [-0.39, 0.29) is 0 Å². The van der Waals surface area contributed by atoms with Crippen LogP contribution in [0.15, 0.2) is 30.5 Å². The van der Waals surface area contributed by atoms with Crippen molar-refractivity contribution in [1.82, 2.24) is 20.3 Å². The molecular formula is C12H16N4. The molecule has 1 heterocycles. The Morgan fingerprint density at radius 3 is 2.56 bits per heavy atom. The van der Waals surface area contributed by atoms with Crippen LogP contribution < -0.4 is 5.32 Å². The third-order valence-electron chi connectivity index (χ3n) is 2.54. The predicted molar refractivity (Wildman–Crippen MR) is 63.8 cm³/mol. The van der Waals surface area contributed by atoms with Crippen LogP contribution in [0.1, 0.15) is 12.5 Å². The van der Waals surface area contributed by atoms with Crippen LogP contribution in [0.5, 0.6) is 0 Å². The van der Waals surface area contributed by atoms with E-state index < -0.39 is 0 Å². The summed E-state index contributed by atoms with van der Waals surface area (Å²) in [4.78, 5) is 0. The molecule has 1 aromatic heterocycles. The van der Waals surface area contributed by atoms with Crippen molar-refractivity contribution in [2.24, 2.45) is 7.05 Å². The molecule has 2 aromatic rings. The summed E-state index contributed by atoms with van der Waals surface area (Å²) in [6.45, 7) is 4.02. The summed E-state index contributed by atoms with van der Waals surface area (Å²) in [5.74, 6) is 0. The van der Waals surface area contributed by atoms with Gasteiger partial charge in [0.25, 0.3) is 0 Å². The van der Waals surface area contributed by atoms with E-state index in [0.717, 1.165) is 24.3 Å². The average molecular weight is 216 g/mol. The minimum absolute atomic E-state index is 0.917. The van der Waals surface area contributed by atoms with Gasteiger partial charge in [0.2, 0.25) is 0 Å². The van der Waals surface area contributed by atoms with Gasteiger partial charge in [-0.1, -0.05) is 36.4 Å². The van der Waals surface area contributed by atoms with Gasteiger partial charge in [0.15, 0.2) is 0 Å². The van der Waals surface area contributed by atoms with Gasteiger partial charge in [0.1, 0.15) is 0 Å². The number of rotatable bonds is 4. The lowest BCUT2D eigenvalue weighted by Gasteiger charge is -2.04. The van der Waals surface area contributed by atoms with Gasteiger partial charge in [-0.25, -0.2) is 4.68 Å². The molecule has 0 saturated heterocycles. The summed E-state index contributed by atoms with van der Waals surface area (Å²) in [5.41, 5.74) is 3.48. The smallest absolute Gasteiger partial charge is 0.0882 e. The van der Waals surface area contributed by atoms with Crippen molar-refractivity contribution in [2.45, 2.75) is 13.5 Å². The van der Waals surface area contributed by atoms with E-state index >= 15 is 0 Å². The molecule has 0 aliphatic carbocycles. The summed E-state index contributed by atoms with van der Waals surface area (Å²) in [7, 11) is 1.90. The van der Waals surface area contributed by atoms with Crippen LogP contribution in [0, 0.1) is 0 Å². The first kappa shape index (κ1) is 10.8. The van der Waals surface area contributed by atoms with E-state index in [2.05, 4.69) is 46.8 Å². The molecule has 4 nitrogen and oxygen atoms in total. The van der Waals surface area contributed by atoms with Gasteiger partial charge in [-0.2, -0.15) is 0 Å². The van der Waals surface area contributed by atoms with E-state index in [1.54, 1.807) is 10.9 Å². The number of aromatic nitrogens is 3. The number of benzene rings is 1. The Hall–Kier alpha value is -1.68. The molecule has 0 atom stereocenters. The van der Waals surface area contributed by atoms with E-state index in [0.29, 0.717) is 0 Å². The maximum absolute atomic E-state index is 3.92. The SMILES string of the molecule is CCNCc1ccc(-c2cnnn2C)cc1. The van der Waals surface area contributed by atoms with Crippen molar-refractivity contribution < 1.29 is 0 Å². The first-order valence-corrected chi connectivity index (χ1v) is 5.46. The highest BCUT2D eigenvalue weighted by Crippen LogP contribution is 2.17. The van der Waals surface area contributed by atoms with Crippen LogP contribution in [0.2, 0.25) is 0 Å². The fourth-order valence-electron chi connectivity index (χ4n) is 1.61. The molecule has 0 unspecified atom stereocenters. The van der Waals surface area contributed by atoms with Gasteiger partial charge in [0.05, 0.1) is 11.9 Å². The van der Waals surface area contributed by atoms with Crippen LogP contribution >= 0.6 is 0 Å². The fraction of sp³-hybridized carbons (Fsp3) is 0.333. The molecule has 0 fully saturated rings. The largest absolute Gasteiger partial charge is 0.313 e. The Balaban J connectivity index is 2.16. The lowest BCUT2D eigenvalue weighted by Crippen LogP contribution is -2.11. The predicted octanol–water partition coefficient (Wildman–Crippen LogP) is 1.59. The second kappa shape index (κ2) is 4.90. The summed E-state index contributed by atoms with van der Waals surface area (Å²) < 4.78 is 1.78. The van der Waals surface area contributed by atoms with Crippen molar-refractivity contribution in [1.29, 1.82) is 0 Å². The van der Waals surface area contributed by atoms with Crippen molar-refractivity contribution in [3.05, 3.63) is 36.0 Å². The zero-order valence-electron chi connectivity index (χ0n) is 9.64. The zero-order valence-corrected chi connectivity index (χ0v) is 9.64. The Bertz CT molecular complexity index is 444. The molecule has 0 radical (unpaired) electrons. The normalized spacial score (nSPS) is 10.6. The topological polar surface area (TPSA) is 42.7 Å². The number of aryl methyl sites for hydroxylation is 1. The third-order valence-corrected chi connectivity index (χ3v) is 2.54. The summed E-state index contributed by atoms with van der Waals surface area (Å²) in [6, 6.07) is 8.46. The van der Waals surface area contributed by atoms with Crippen molar-refractivity contribution >= 4 is 0 Å². The molecule has 0 amide bonds. The van der Waals surface area contributed by atoms with Gasteiger partial charge in [0, 0.05) is 19.2 Å². The molecule has 4 heteroatoms. The summed E-state index contributed by atoms with van der Waals surface area (Å²) >= 11 is 0. The minimum atomic E-state index is 0.917. The molecule has 16 heavy (non-hydrogen) atoms. The highest BCUT2D eigenvalue weighted by atomic mass is 15.4. The maximum atomic E-state index is 3.92. The van der Waals surface area contributed by atoms with Crippen molar-refractivity contribution in [2.75, 3.05) is 6.54 Å². The molecular weight excluding hydrogens is 200 g/mol. The van der Waals surface area contributed by atoms with Crippen LogP contribution in [-0.2, 0) is 13.6 Å². The van der Waals surface area contributed by atoms with E-state index in [1.807, 2.05) is 7.05 Å². The Morgan fingerprint density at radius 1 is 1.25 bits per heavy atom. The summed E-state index contributed by atoms with van der Waals surface area (Å²) in [5, 5.41) is 11.1. The van der Waals surface area contributed by atoms with Crippen molar-refractivity contribution in [3.63, 3.8) is 0 Å². The second-order valence-electron chi connectivity index (χ2n) is 3.72. The maximum Gasteiger partial charge on any atom is 0.0882 e. The highest BCUT2D eigenvalue weighted by Gasteiger charge is 2.02. The molecule has 1 N–H and O–H groups in total. The Kier molecular flexibility index (Phi) is 3.31. The number of nitrogens with zero attached hydrogens (tertiary/aromatic N) is 3. The lowest BCUT2D eigenvalue weighted by atomic mass is 10.1. The lowest BCUT2D eigenvalue weighted by molar-refractivity contribution is 0.720. The second-order valence-corrected chi connectivity index (χ2v) is 3.72. The van der Waals surface area contributed by atoms with E-state index in [4.69, 9.17) is 0 Å². The number of hydrogen-bond acceptors (Lipinski definition) is 3. The molecule has 0 saturated carbocycles. The molecule has 84 valence electrons. The van der Waals surface area contributed by atoms with Crippen LogP contribution in [0.25, 0.3) is 11.3 Å². The first-order valence-electron chi connectivity index (χ1n) is 5.46. The first-order chi connectivity index (χ1) is 7.81. The van der Waals surface area contributed by atoms with Gasteiger partial charge in [-0.3, -0.25) is 0 Å². The van der Waals surface area contributed by atoms with Crippen LogP contribution in [-0.4, -0.2) is 21.5 Å². The zero-order chi connectivity index (χ0) is 11.4. The molecule has 1 aromatic carbocycles. The molecule has 0 bridgehead atoms. The number of nitrogens with one attached hydrogen (secondary N) is 1. The third kappa shape index (κ3) is 2.28. The summed E-state index contributed by atoms with van der Waals surface area (Å²) in [6.07, 6.45) is 1.78. The Morgan fingerprint density at radius 2 is 2.00 bits per heavy atom. The number of hydrogen-bond donors (Lipinski definition) is 1. The molecule has 0 spiro atoms. The van der Waals surface area contributed by atoms with Gasteiger partial charge in [-0.05, 0) is 12.1 Å². The molecule has 2 rings (SSSR count). The average Bonchev–Trinajstić information content (AvgIpc) is 2.74. The van der Waals surface area contributed by atoms with Crippen LogP contribution in [0.4, 0.5) is 0 Å². The minimum Gasteiger partial charge on any atom is -0.313 e. The monoisotopic (exact) mass is 216 g/mol. The van der Waals surface area contributed by atoms with Gasteiger partial charge >= 0.3 is 0 Å². The molecule has 0 aliphatic heterocycles. The highest BCUT2D eigenvalue weighted by molar-refractivity contribution is 5.58. The van der Waals surface area contributed by atoms with Gasteiger partial charge < -0.3 is 5.32 Å². The molecule has 0 aliphatic rings. The van der Waals surface area contributed by atoms with Crippen molar-refractivity contribution in [3.8, 4) is 11.3 Å². The van der Waals surface area contributed by atoms with Crippen LogP contribution in [0.3, 0.4) is 0 Å². The van der Waals surface area contributed by atoms with Gasteiger partial charge in [-0.15, -0.1) is 5.10 Å². The fourth-order valence-corrected chi connectivity index (χ4v) is 1.61. The van der Waals surface area contributed by atoms with E-state index in [1.165, 1.54) is 5.56 Å². The standard InChI is InChI=1S/C12H16N4/c1-3-13-8-10-4-6-11(7-5-10)12-9-14-15-16(12)2/h4-7,9,13H,3,8H2,1-2H3. The Labute approximate surface area is 95.3 Å². The quantitative estimate of drug-likeness (QED) is 0.844. The van der Waals surface area contributed by atoms with E-state index in [9.17, 15) is 0 Å².